The molecular weight excluding hydrogens is 258 g/mol. The van der Waals surface area contributed by atoms with Gasteiger partial charge < -0.3 is 10.0 Å². The number of rotatable bonds is 4. The summed E-state index contributed by atoms with van der Waals surface area (Å²) in [5.41, 5.74) is 4.68. The molecule has 0 saturated carbocycles. The molecule has 108 valence electrons. The molecule has 0 fully saturated rings. The van der Waals surface area contributed by atoms with Crippen molar-refractivity contribution in [2.75, 3.05) is 18.1 Å². The number of nitrogens with zero attached hydrogens (tertiary/aromatic N) is 1. The summed E-state index contributed by atoms with van der Waals surface area (Å²) in [5, 5.41) is 8.77. The zero-order chi connectivity index (χ0) is 15.1. The number of hydrogen-bond acceptors (Lipinski definition) is 2. The summed E-state index contributed by atoms with van der Waals surface area (Å²) in [5.74, 6) is 5.64. The summed E-state index contributed by atoms with van der Waals surface area (Å²) >= 11 is 0. The number of aryl methyl sites for hydroxylation is 1. The highest BCUT2D eigenvalue weighted by atomic mass is 16.2. The maximum absolute atomic E-state index is 8.77. The summed E-state index contributed by atoms with van der Waals surface area (Å²) in [7, 11) is 0. The largest absolute Gasteiger partial charge is 0.384 e. The van der Waals surface area contributed by atoms with Gasteiger partial charge >= 0.3 is 0 Å². The van der Waals surface area contributed by atoms with Gasteiger partial charge in [0.1, 0.15) is 6.61 Å². The molecule has 2 aromatic rings. The highest BCUT2D eigenvalue weighted by Crippen LogP contribution is 2.18. The van der Waals surface area contributed by atoms with Crippen LogP contribution in [-0.2, 0) is 6.54 Å². The van der Waals surface area contributed by atoms with Gasteiger partial charge in [-0.15, -0.1) is 0 Å². The molecular formula is C19H21NO. The van der Waals surface area contributed by atoms with E-state index in [1.165, 1.54) is 16.8 Å². The Bertz CT molecular complexity index is 635. The highest BCUT2D eigenvalue weighted by Gasteiger charge is 2.05. The smallest absolute Gasteiger partial charge is 0.104 e. The van der Waals surface area contributed by atoms with Crippen LogP contribution in [0.1, 0.15) is 23.6 Å². The lowest BCUT2D eigenvalue weighted by Crippen LogP contribution is -2.21. The van der Waals surface area contributed by atoms with Crippen LogP contribution >= 0.6 is 0 Å². The molecule has 2 nitrogen and oxygen atoms in total. The Hall–Kier alpha value is -2.24. The van der Waals surface area contributed by atoms with E-state index in [2.05, 4.69) is 67.0 Å². The Balaban J connectivity index is 2.16. The van der Waals surface area contributed by atoms with Gasteiger partial charge in [-0.05, 0) is 43.7 Å². The summed E-state index contributed by atoms with van der Waals surface area (Å²) in [6, 6.07) is 16.8. The van der Waals surface area contributed by atoms with Crippen molar-refractivity contribution in [3.05, 3.63) is 65.2 Å². The van der Waals surface area contributed by atoms with Crippen LogP contribution in [0.25, 0.3) is 0 Å². The molecule has 0 heterocycles. The second-order valence-corrected chi connectivity index (χ2v) is 5.01. The fourth-order valence-electron chi connectivity index (χ4n) is 2.25. The van der Waals surface area contributed by atoms with Crippen molar-refractivity contribution in [1.82, 2.24) is 0 Å². The Morgan fingerprint density at radius 2 is 1.86 bits per heavy atom. The van der Waals surface area contributed by atoms with Crippen molar-refractivity contribution in [1.29, 1.82) is 0 Å². The fourth-order valence-corrected chi connectivity index (χ4v) is 2.25. The highest BCUT2D eigenvalue weighted by molar-refractivity contribution is 5.48. The lowest BCUT2D eigenvalue weighted by molar-refractivity contribution is 0.350. The first kappa shape index (κ1) is 15.2. The standard InChI is InChI=1S/C19H21NO/c1-3-20(19-11-9-16(2)10-12-19)15-18-7-4-6-17(14-18)8-5-13-21/h4,6-7,9-12,14,21H,3,13,15H2,1-2H3. The molecule has 0 spiro atoms. The Morgan fingerprint density at radius 3 is 2.52 bits per heavy atom. The van der Waals surface area contributed by atoms with E-state index >= 15 is 0 Å². The molecule has 1 N–H and O–H groups in total. The van der Waals surface area contributed by atoms with Crippen molar-refractivity contribution in [3.63, 3.8) is 0 Å². The zero-order valence-electron chi connectivity index (χ0n) is 12.6. The molecule has 0 aliphatic rings. The van der Waals surface area contributed by atoms with Crippen LogP contribution in [0, 0.1) is 18.8 Å². The molecule has 2 heteroatoms. The Kier molecular flexibility index (Phi) is 5.43. The number of aliphatic hydroxyl groups is 1. The van der Waals surface area contributed by atoms with Crippen LogP contribution in [-0.4, -0.2) is 18.3 Å². The molecule has 0 aliphatic heterocycles. The number of benzene rings is 2. The minimum atomic E-state index is -0.103. The van der Waals surface area contributed by atoms with E-state index in [9.17, 15) is 0 Å². The maximum atomic E-state index is 8.77. The molecule has 0 amide bonds. The molecule has 2 aromatic carbocycles. The van der Waals surface area contributed by atoms with Gasteiger partial charge in [-0.25, -0.2) is 0 Å². The lowest BCUT2D eigenvalue weighted by Gasteiger charge is -2.23. The van der Waals surface area contributed by atoms with Crippen molar-refractivity contribution < 1.29 is 5.11 Å². The topological polar surface area (TPSA) is 23.5 Å². The van der Waals surface area contributed by atoms with Crippen LogP contribution in [0.4, 0.5) is 5.69 Å². The second kappa shape index (κ2) is 7.52. The van der Waals surface area contributed by atoms with Gasteiger partial charge in [0, 0.05) is 24.3 Å². The third-order valence-corrected chi connectivity index (χ3v) is 3.39. The molecule has 0 unspecified atom stereocenters. The molecule has 0 aliphatic carbocycles. The SMILES string of the molecule is CCN(Cc1cccc(C#CCO)c1)c1ccc(C)cc1. The van der Waals surface area contributed by atoms with E-state index in [4.69, 9.17) is 5.11 Å². The van der Waals surface area contributed by atoms with Crippen LogP contribution in [0.3, 0.4) is 0 Å². The average molecular weight is 279 g/mol. The third-order valence-electron chi connectivity index (χ3n) is 3.39. The van der Waals surface area contributed by atoms with Crippen molar-refractivity contribution in [3.8, 4) is 11.8 Å². The van der Waals surface area contributed by atoms with E-state index in [0.29, 0.717) is 0 Å². The first-order valence-electron chi connectivity index (χ1n) is 7.23. The van der Waals surface area contributed by atoms with Gasteiger partial charge in [-0.2, -0.15) is 0 Å². The maximum Gasteiger partial charge on any atom is 0.104 e. The Morgan fingerprint density at radius 1 is 1.10 bits per heavy atom. The molecule has 0 saturated heterocycles. The minimum Gasteiger partial charge on any atom is -0.384 e. The van der Waals surface area contributed by atoms with Gasteiger partial charge in [0.05, 0.1) is 0 Å². The second-order valence-electron chi connectivity index (χ2n) is 5.01. The lowest BCUT2D eigenvalue weighted by atomic mass is 10.1. The van der Waals surface area contributed by atoms with E-state index in [-0.39, 0.29) is 6.61 Å². The van der Waals surface area contributed by atoms with Crippen molar-refractivity contribution in [2.24, 2.45) is 0 Å². The molecule has 21 heavy (non-hydrogen) atoms. The predicted octanol–water partition coefficient (Wildman–Crippen LogP) is 3.37. The van der Waals surface area contributed by atoms with Crippen molar-refractivity contribution in [2.45, 2.75) is 20.4 Å². The van der Waals surface area contributed by atoms with E-state index < -0.39 is 0 Å². The van der Waals surface area contributed by atoms with Crippen LogP contribution in [0.5, 0.6) is 0 Å². The average Bonchev–Trinajstić information content (AvgIpc) is 2.52. The van der Waals surface area contributed by atoms with Gasteiger partial charge in [-0.3, -0.25) is 0 Å². The van der Waals surface area contributed by atoms with Crippen LogP contribution in [0.15, 0.2) is 48.5 Å². The number of anilines is 1. The monoisotopic (exact) mass is 279 g/mol. The fraction of sp³-hybridized carbons (Fsp3) is 0.263. The molecule has 0 aromatic heterocycles. The van der Waals surface area contributed by atoms with Gasteiger partial charge in [0.25, 0.3) is 0 Å². The minimum absolute atomic E-state index is 0.103. The number of aliphatic hydroxyl groups excluding tert-OH is 1. The normalized spacial score (nSPS) is 9.86. The quantitative estimate of drug-likeness (QED) is 0.867. The molecule has 0 radical (unpaired) electrons. The van der Waals surface area contributed by atoms with Gasteiger partial charge in [0.2, 0.25) is 0 Å². The third kappa shape index (κ3) is 4.37. The van der Waals surface area contributed by atoms with Gasteiger partial charge in [0.15, 0.2) is 0 Å². The molecule has 2 rings (SSSR count). The van der Waals surface area contributed by atoms with Gasteiger partial charge in [-0.1, -0.05) is 41.7 Å². The van der Waals surface area contributed by atoms with E-state index in [1.54, 1.807) is 0 Å². The van der Waals surface area contributed by atoms with Crippen LogP contribution < -0.4 is 4.90 Å². The molecule has 0 bridgehead atoms. The summed E-state index contributed by atoms with van der Waals surface area (Å²) in [6.07, 6.45) is 0. The predicted molar refractivity (Wildman–Crippen MR) is 88.3 cm³/mol. The molecule has 0 atom stereocenters. The first-order chi connectivity index (χ1) is 10.2. The summed E-state index contributed by atoms with van der Waals surface area (Å²) in [6.45, 7) is 5.97. The zero-order valence-corrected chi connectivity index (χ0v) is 12.6. The number of hydrogen-bond donors (Lipinski definition) is 1. The van der Waals surface area contributed by atoms with Crippen LogP contribution in [0.2, 0.25) is 0 Å². The summed E-state index contributed by atoms with van der Waals surface area (Å²) in [4.78, 5) is 2.33. The van der Waals surface area contributed by atoms with Crippen molar-refractivity contribution >= 4 is 5.69 Å². The van der Waals surface area contributed by atoms with E-state index in [0.717, 1.165) is 18.7 Å². The first-order valence-corrected chi connectivity index (χ1v) is 7.23. The van der Waals surface area contributed by atoms with E-state index in [1.807, 2.05) is 12.1 Å². The summed E-state index contributed by atoms with van der Waals surface area (Å²) < 4.78 is 0. The Labute approximate surface area is 127 Å².